The highest BCUT2D eigenvalue weighted by atomic mass is 19.1. The van der Waals surface area contributed by atoms with Crippen LogP contribution in [0.3, 0.4) is 0 Å². The standard InChI is InChI=1S/C8H6FNO2/c9-6-3-5(11)1-4-2-7(12)10-8(4)6/h1,3,11H,2H2,(H,10,12). The maximum absolute atomic E-state index is 13.0. The third-order valence-electron chi connectivity index (χ3n) is 1.77. The molecule has 0 unspecified atom stereocenters. The molecule has 2 N–H and O–H groups in total. The van der Waals surface area contributed by atoms with Gasteiger partial charge in [-0.1, -0.05) is 0 Å². The van der Waals surface area contributed by atoms with Crippen LogP contribution in [0, 0.1) is 5.82 Å². The van der Waals surface area contributed by atoms with Gasteiger partial charge in [-0.2, -0.15) is 0 Å². The number of carbonyl (C=O) groups is 1. The minimum absolute atomic E-state index is 0.140. The summed E-state index contributed by atoms with van der Waals surface area (Å²) in [4.78, 5) is 10.8. The van der Waals surface area contributed by atoms with E-state index in [0.29, 0.717) is 5.56 Å². The molecule has 12 heavy (non-hydrogen) atoms. The van der Waals surface area contributed by atoms with Crippen LogP contribution in [0.5, 0.6) is 5.75 Å². The van der Waals surface area contributed by atoms with Crippen molar-refractivity contribution in [1.29, 1.82) is 0 Å². The molecule has 1 heterocycles. The van der Waals surface area contributed by atoms with E-state index in [1.165, 1.54) is 6.07 Å². The molecular weight excluding hydrogens is 161 g/mol. The summed E-state index contributed by atoms with van der Waals surface area (Å²) in [6.45, 7) is 0. The largest absolute Gasteiger partial charge is 0.508 e. The molecule has 0 aliphatic carbocycles. The quantitative estimate of drug-likeness (QED) is 0.567. The van der Waals surface area contributed by atoms with E-state index in [-0.39, 0.29) is 23.8 Å². The van der Waals surface area contributed by atoms with Crippen LogP contribution in [0.1, 0.15) is 5.56 Å². The number of anilines is 1. The summed E-state index contributed by atoms with van der Waals surface area (Å²) in [5.74, 6) is -0.979. The molecule has 1 aromatic carbocycles. The molecule has 0 saturated heterocycles. The second kappa shape index (κ2) is 2.20. The number of fused-ring (bicyclic) bond motifs is 1. The molecular formula is C8H6FNO2. The van der Waals surface area contributed by atoms with Gasteiger partial charge >= 0.3 is 0 Å². The number of carbonyl (C=O) groups excluding carboxylic acids is 1. The van der Waals surface area contributed by atoms with Crippen molar-refractivity contribution in [3.05, 3.63) is 23.5 Å². The zero-order valence-corrected chi connectivity index (χ0v) is 6.10. The molecule has 4 heteroatoms. The van der Waals surface area contributed by atoms with E-state index in [9.17, 15) is 9.18 Å². The summed E-state index contributed by atoms with van der Waals surface area (Å²) >= 11 is 0. The van der Waals surface area contributed by atoms with Crippen molar-refractivity contribution in [3.8, 4) is 5.75 Å². The molecule has 0 radical (unpaired) electrons. The Kier molecular flexibility index (Phi) is 1.30. The highest BCUT2D eigenvalue weighted by molar-refractivity contribution is 5.99. The number of benzene rings is 1. The average Bonchev–Trinajstić information content (AvgIpc) is 2.29. The van der Waals surface area contributed by atoms with Gasteiger partial charge in [-0.25, -0.2) is 4.39 Å². The van der Waals surface area contributed by atoms with Crippen LogP contribution >= 0.6 is 0 Å². The SMILES string of the molecule is O=C1Cc2cc(O)cc(F)c2N1. The number of phenolic OH excluding ortho intramolecular Hbond substituents is 1. The van der Waals surface area contributed by atoms with E-state index >= 15 is 0 Å². The Balaban J connectivity index is 2.59. The molecule has 2 rings (SSSR count). The summed E-state index contributed by atoms with van der Waals surface area (Å²) in [5.41, 5.74) is 0.704. The molecule has 62 valence electrons. The highest BCUT2D eigenvalue weighted by Gasteiger charge is 2.21. The Morgan fingerprint density at radius 2 is 2.25 bits per heavy atom. The predicted octanol–water partition coefficient (Wildman–Crippen LogP) is 1.03. The number of aromatic hydroxyl groups is 1. The van der Waals surface area contributed by atoms with E-state index in [1.807, 2.05) is 0 Å². The number of phenols is 1. The van der Waals surface area contributed by atoms with Gasteiger partial charge < -0.3 is 10.4 Å². The Hall–Kier alpha value is -1.58. The van der Waals surface area contributed by atoms with E-state index in [1.54, 1.807) is 0 Å². The minimum atomic E-state index is -0.587. The fourth-order valence-electron chi connectivity index (χ4n) is 1.28. The summed E-state index contributed by atoms with van der Waals surface area (Å²) in [7, 11) is 0. The lowest BCUT2D eigenvalue weighted by Gasteiger charge is -2.00. The zero-order valence-electron chi connectivity index (χ0n) is 6.10. The summed E-state index contributed by atoms with van der Waals surface area (Å²) in [5, 5.41) is 11.4. The molecule has 0 saturated carbocycles. The first kappa shape index (κ1) is 7.09. The lowest BCUT2D eigenvalue weighted by Crippen LogP contribution is -2.04. The normalized spacial score (nSPS) is 14.2. The second-order valence-electron chi connectivity index (χ2n) is 2.69. The van der Waals surface area contributed by atoms with Crippen molar-refractivity contribution in [2.75, 3.05) is 5.32 Å². The molecule has 0 aromatic heterocycles. The molecule has 1 aliphatic rings. The first-order valence-corrected chi connectivity index (χ1v) is 3.48. The summed E-state index contributed by atoms with van der Waals surface area (Å²) < 4.78 is 13.0. The first-order valence-electron chi connectivity index (χ1n) is 3.48. The van der Waals surface area contributed by atoms with Crippen molar-refractivity contribution in [3.63, 3.8) is 0 Å². The van der Waals surface area contributed by atoms with Gasteiger partial charge in [-0.15, -0.1) is 0 Å². The zero-order chi connectivity index (χ0) is 8.72. The molecule has 0 bridgehead atoms. The van der Waals surface area contributed by atoms with Crippen LogP contribution < -0.4 is 5.32 Å². The molecule has 1 aliphatic heterocycles. The Bertz CT molecular complexity index is 362. The van der Waals surface area contributed by atoms with E-state index in [4.69, 9.17) is 5.11 Å². The molecule has 1 amide bonds. The highest BCUT2D eigenvalue weighted by Crippen LogP contribution is 2.29. The summed E-state index contributed by atoms with van der Waals surface area (Å²) in [6, 6.07) is 2.36. The van der Waals surface area contributed by atoms with E-state index < -0.39 is 5.82 Å². The topological polar surface area (TPSA) is 49.3 Å². The monoisotopic (exact) mass is 167 g/mol. The maximum atomic E-state index is 13.0. The number of hydrogen-bond donors (Lipinski definition) is 2. The van der Waals surface area contributed by atoms with Crippen molar-refractivity contribution < 1.29 is 14.3 Å². The molecule has 3 nitrogen and oxygen atoms in total. The smallest absolute Gasteiger partial charge is 0.228 e. The fourth-order valence-corrected chi connectivity index (χ4v) is 1.28. The maximum Gasteiger partial charge on any atom is 0.228 e. The van der Waals surface area contributed by atoms with Gasteiger partial charge in [0.25, 0.3) is 0 Å². The van der Waals surface area contributed by atoms with Crippen LogP contribution in [-0.4, -0.2) is 11.0 Å². The third-order valence-corrected chi connectivity index (χ3v) is 1.77. The minimum Gasteiger partial charge on any atom is -0.508 e. The lowest BCUT2D eigenvalue weighted by molar-refractivity contribution is -0.115. The number of hydrogen-bond acceptors (Lipinski definition) is 2. The van der Waals surface area contributed by atoms with Gasteiger partial charge in [-0.05, 0) is 11.6 Å². The number of amides is 1. The Morgan fingerprint density at radius 1 is 1.50 bits per heavy atom. The number of nitrogens with one attached hydrogen (secondary N) is 1. The van der Waals surface area contributed by atoms with Crippen molar-refractivity contribution >= 4 is 11.6 Å². The molecule has 0 atom stereocenters. The van der Waals surface area contributed by atoms with Crippen LogP contribution in [-0.2, 0) is 11.2 Å². The number of halogens is 1. The summed E-state index contributed by atoms with van der Waals surface area (Å²) in [6.07, 6.45) is 0.140. The van der Waals surface area contributed by atoms with Crippen LogP contribution in [0.4, 0.5) is 10.1 Å². The molecule has 0 spiro atoms. The molecule has 0 fully saturated rings. The van der Waals surface area contributed by atoms with E-state index in [2.05, 4.69) is 5.32 Å². The predicted molar refractivity (Wildman–Crippen MR) is 40.4 cm³/mol. The number of rotatable bonds is 0. The van der Waals surface area contributed by atoms with Gasteiger partial charge in [0.05, 0.1) is 12.1 Å². The molecule has 1 aromatic rings. The van der Waals surface area contributed by atoms with Crippen LogP contribution in [0.25, 0.3) is 0 Å². The lowest BCUT2D eigenvalue weighted by atomic mass is 10.1. The first-order chi connectivity index (χ1) is 5.66. The Morgan fingerprint density at radius 3 is 3.00 bits per heavy atom. The fraction of sp³-hybridized carbons (Fsp3) is 0.125. The van der Waals surface area contributed by atoms with Gasteiger partial charge in [0.15, 0.2) is 5.82 Å². The van der Waals surface area contributed by atoms with Crippen molar-refractivity contribution in [1.82, 2.24) is 0 Å². The third kappa shape index (κ3) is 0.922. The van der Waals surface area contributed by atoms with Crippen molar-refractivity contribution in [2.45, 2.75) is 6.42 Å². The average molecular weight is 167 g/mol. The Labute approximate surface area is 67.8 Å². The van der Waals surface area contributed by atoms with Gasteiger partial charge in [0.2, 0.25) is 5.91 Å². The van der Waals surface area contributed by atoms with Crippen molar-refractivity contribution in [2.24, 2.45) is 0 Å². The van der Waals surface area contributed by atoms with Gasteiger partial charge in [0, 0.05) is 6.07 Å². The van der Waals surface area contributed by atoms with Crippen LogP contribution in [0.15, 0.2) is 12.1 Å². The van der Waals surface area contributed by atoms with Gasteiger partial charge in [-0.3, -0.25) is 4.79 Å². The second-order valence-corrected chi connectivity index (χ2v) is 2.69. The van der Waals surface area contributed by atoms with Gasteiger partial charge in [0.1, 0.15) is 5.75 Å². The van der Waals surface area contributed by atoms with E-state index in [0.717, 1.165) is 6.07 Å². The van der Waals surface area contributed by atoms with Crippen LogP contribution in [0.2, 0.25) is 0 Å².